The fourth-order valence-corrected chi connectivity index (χ4v) is 3.96. The number of aryl methyl sites for hydroxylation is 1. The minimum Gasteiger partial charge on any atom is -0.329 e. The number of benzene rings is 1. The number of thioether (sulfide) groups is 1. The van der Waals surface area contributed by atoms with Crippen LogP contribution in [0.25, 0.3) is 10.6 Å². The molecule has 3 rings (SSSR count). The van der Waals surface area contributed by atoms with Crippen molar-refractivity contribution in [2.75, 3.05) is 18.8 Å². The number of nitrogens with zero attached hydrogens (tertiary/aromatic N) is 2. The molecule has 23 heavy (non-hydrogen) atoms. The van der Waals surface area contributed by atoms with E-state index >= 15 is 0 Å². The zero-order valence-corrected chi connectivity index (χ0v) is 14.4. The number of nitrogens with one attached hydrogen (secondary N) is 1. The third-order valence-electron chi connectivity index (χ3n) is 3.50. The Bertz CT molecular complexity index is 696. The van der Waals surface area contributed by atoms with Gasteiger partial charge in [-0.05, 0) is 6.92 Å². The molecule has 1 saturated heterocycles. The van der Waals surface area contributed by atoms with Gasteiger partial charge in [-0.1, -0.05) is 29.8 Å². The Morgan fingerprint density at radius 3 is 2.78 bits per heavy atom. The van der Waals surface area contributed by atoms with Crippen molar-refractivity contribution >= 4 is 35.0 Å². The van der Waals surface area contributed by atoms with Crippen LogP contribution in [0.4, 0.5) is 4.79 Å². The first-order chi connectivity index (χ1) is 11.1. The first-order valence-electron chi connectivity index (χ1n) is 7.31. The monoisotopic (exact) mass is 347 g/mol. The summed E-state index contributed by atoms with van der Waals surface area (Å²) >= 11 is 3.32. The molecule has 1 aliphatic heterocycles. The standard InChI is InChI=1S/C16H17N3O2S2/c1-11-2-4-12(5-3-11)15-18-13(10-23-15)9-22-7-6-19-14(20)8-17-16(19)21/h2-5,10H,6-9H2,1H3,(H,17,21). The van der Waals surface area contributed by atoms with E-state index in [-0.39, 0.29) is 18.5 Å². The maximum absolute atomic E-state index is 11.5. The molecule has 1 N–H and O–H groups in total. The zero-order valence-electron chi connectivity index (χ0n) is 12.7. The highest BCUT2D eigenvalue weighted by atomic mass is 32.2. The van der Waals surface area contributed by atoms with Crippen LogP contribution in [-0.2, 0) is 10.5 Å². The molecule has 0 unspecified atom stereocenters. The van der Waals surface area contributed by atoms with Gasteiger partial charge in [0.05, 0.1) is 12.2 Å². The fourth-order valence-electron chi connectivity index (χ4n) is 2.22. The molecule has 0 atom stereocenters. The lowest BCUT2D eigenvalue weighted by Crippen LogP contribution is -2.32. The predicted octanol–water partition coefficient (Wildman–Crippen LogP) is 2.90. The third-order valence-corrected chi connectivity index (χ3v) is 5.41. The number of amides is 3. The molecule has 1 aromatic heterocycles. The number of hydrogen-bond donors (Lipinski definition) is 1. The molecule has 7 heteroatoms. The van der Waals surface area contributed by atoms with Crippen LogP contribution in [0.2, 0.25) is 0 Å². The molecule has 1 fully saturated rings. The number of aromatic nitrogens is 1. The molecule has 5 nitrogen and oxygen atoms in total. The molecule has 0 bridgehead atoms. The Hall–Kier alpha value is -1.86. The lowest BCUT2D eigenvalue weighted by Gasteiger charge is -2.11. The summed E-state index contributed by atoms with van der Waals surface area (Å²) in [7, 11) is 0. The van der Waals surface area contributed by atoms with Crippen LogP contribution in [0, 0.1) is 6.92 Å². The quantitative estimate of drug-likeness (QED) is 0.645. The average Bonchev–Trinajstić information content (AvgIpc) is 3.13. The Morgan fingerprint density at radius 2 is 2.09 bits per heavy atom. The van der Waals surface area contributed by atoms with E-state index < -0.39 is 0 Å². The van der Waals surface area contributed by atoms with E-state index in [0.717, 1.165) is 27.8 Å². The van der Waals surface area contributed by atoms with Crippen LogP contribution in [-0.4, -0.2) is 40.7 Å². The molecular formula is C16H17N3O2S2. The zero-order chi connectivity index (χ0) is 16.2. The van der Waals surface area contributed by atoms with Gasteiger partial charge >= 0.3 is 6.03 Å². The van der Waals surface area contributed by atoms with Crippen molar-refractivity contribution in [1.29, 1.82) is 0 Å². The Labute approximate surface area is 143 Å². The number of carbonyl (C=O) groups excluding carboxylic acids is 2. The molecule has 0 spiro atoms. The third kappa shape index (κ3) is 3.92. The smallest absolute Gasteiger partial charge is 0.324 e. The summed E-state index contributed by atoms with van der Waals surface area (Å²) in [5, 5.41) is 5.61. The molecule has 2 heterocycles. The minimum absolute atomic E-state index is 0.121. The van der Waals surface area contributed by atoms with Gasteiger partial charge in [-0.15, -0.1) is 11.3 Å². The average molecular weight is 347 g/mol. The van der Waals surface area contributed by atoms with E-state index in [0.29, 0.717) is 6.54 Å². The number of urea groups is 1. The van der Waals surface area contributed by atoms with Gasteiger partial charge in [0, 0.05) is 29.0 Å². The van der Waals surface area contributed by atoms with Crippen LogP contribution in [0.3, 0.4) is 0 Å². The van der Waals surface area contributed by atoms with Crippen LogP contribution in [0.15, 0.2) is 29.6 Å². The lowest BCUT2D eigenvalue weighted by atomic mass is 10.2. The van der Waals surface area contributed by atoms with E-state index in [9.17, 15) is 9.59 Å². The maximum atomic E-state index is 11.5. The number of thiazole rings is 1. The van der Waals surface area contributed by atoms with E-state index in [1.54, 1.807) is 23.1 Å². The minimum atomic E-state index is -0.286. The second kappa shape index (κ2) is 7.14. The predicted molar refractivity (Wildman–Crippen MR) is 93.6 cm³/mol. The highest BCUT2D eigenvalue weighted by Crippen LogP contribution is 2.25. The normalized spacial score (nSPS) is 14.4. The molecule has 0 aliphatic carbocycles. The highest BCUT2D eigenvalue weighted by molar-refractivity contribution is 7.98. The summed E-state index contributed by atoms with van der Waals surface area (Å²) in [4.78, 5) is 28.8. The summed E-state index contributed by atoms with van der Waals surface area (Å²) in [6.45, 7) is 2.64. The van der Waals surface area contributed by atoms with Crippen LogP contribution in [0.1, 0.15) is 11.3 Å². The Balaban J connectivity index is 1.49. The van der Waals surface area contributed by atoms with Crippen molar-refractivity contribution in [3.05, 3.63) is 40.9 Å². The molecule has 1 aromatic carbocycles. The van der Waals surface area contributed by atoms with Crippen LogP contribution >= 0.6 is 23.1 Å². The number of imide groups is 1. The van der Waals surface area contributed by atoms with Crippen LogP contribution < -0.4 is 5.32 Å². The van der Waals surface area contributed by atoms with Gasteiger partial charge in [-0.2, -0.15) is 11.8 Å². The summed E-state index contributed by atoms with van der Waals surface area (Å²) in [6, 6.07) is 8.06. The summed E-state index contributed by atoms with van der Waals surface area (Å²) in [5.74, 6) is 1.36. The van der Waals surface area contributed by atoms with Crippen molar-refractivity contribution < 1.29 is 9.59 Å². The number of carbonyl (C=O) groups is 2. The van der Waals surface area contributed by atoms with Crippen molar-refractivity contribution in [3.63, 3.8) is 0 Å². The maximum Gasteiger partial charge on any atom is 0.324 e. The topological polar surface area (TPSA) is 62.3 Å². The van der Waals surface area contributed by atoms with Gasteiger partial charge in [0.25, 0.3) is 0 Å². The largest absolute Gasteiger partial charge is 0.329 e. The summed E-state index contributed by atoms with van der Waals surface area (Å²) in [6.07, 6.45) is 0. The first kappa shape index (κ1) is 16.0. The van der Waals surface area contributed by atoms with Gasteiger partial charge in [-0.25, -0.2) is 9.78 Å². The molecule has 120 valence electrons. The van der Waals surface area contributed by atoms with Gasteiger partial charge in [0.1, 0.15) is 5.01 Å². The highest BCUT2D eigenvalue weighted by Gasteiger charge is 2.27. The second-order valence-electron chi connectivity index (χ2n) is 5.27. The summed E-state index contributed by atoms with van der Waals surface area (Å²) < 4.78 is 0. The van der Waals surface area contributed by atoms with Crippen molar-refractivity contribution in [3.8, 4) is 10.6 Å². The van der Waals surface area contributed by atoms with Gasteiger partial charge in [-0.3, -0.25) is 9.69 Å². The van der Waals surface area contributed by atoms with Crippen molar-refractivity contribution in [1.82, 2.24) is 15.2 Å². The summed E-state index contributed by atoms with van der Waals surface area (Å²) in [5.41, 5.74) is 3.41. The lowest BCUT2D eigenvalue weighted by molar-refractivity contribution is -0.124. The molecule has 0 saturated carbocycles. The van der Waals surface area contributed by atoms with Gasteiger partial charge in [0.2, 0.25) is 5.91 Å². The van der Waals surface area contributed by atoms with Crippen molar-refractivity contribution in [2.24, 2.45) is 0 Å². The Morgan fingerprint density at radius 1 is 1.30 bits per heavy atom. The SMILES string of the molecule is Cc1ccc(-c2nc(CSCCN3C(=O)CNC3=O)cs2)cc1. The molecule has 0 radical (unpaired) electrons. The Kier molecular flexibility index (Phi) is 4.97. The first-order valence-corrected chi connectivity index (χ1v) is 9.34. The molecule has 3 amide bonds. The fraction of sp³-hybridized carbons (Fsp3) is 0.312. The number of hydrogen-bond acceptors (Lipinski definition) is 5. The van der Waals surface area contributed by atoms with Crippen molar-refractivity contribution in [2.45, 2.75) is 12.7 Å². The second-order valence-corrected chi connectivity index (χ2v) is 7.23. The van der Waals surface area contributed by atoms with Crippen LogP contribution in [0.5, 0.6) is 0 Å². The van der Waals surface area contributed by atoms with E-state index in [1.807, 2.05) is 0 Å². The van der Waals surface area contributed by atoms with Gasteiger partial charge < -0.3 is 5.32 Å². The van der Waals surface area contributed by atoms with E-state index in [2.05, 4.69) is 46.9 Å². The molecule has 2 aromatic rings. The number of rotatable bonds is 6. The molecular weight excluding hydrogens is 330 g/mol. The van der Waals surface area contributed by atoms with Gasteiger partial charge in [0.15, 0.2) is 0 Å². The van der Waals surface area contributed by atoms with E-state index in [4.69, 9.17) is 0 Å². The molecule has 1 aliphatic rings. The van der Waals surface area contributed by atoms with E-state index in [1.165, 1.54) is 10.5 Å².